The minimum Gasteiger partial charge on any atom is -0.0996 e. The van der Waals surface area contributed by atoms with Gasteiger partial charge in [0.2, 0.25) is 0 Å². The zero-order chi connectivity index (χ0) is 31.0. The molecule has 242 valence electrons. The molecule has 0 aliphatic heterocycles. The van der Waals surface area contributed by atoms with Crippen LogP contribution in [0.4, 0.5) is 0 Å². The molecule has 0 radical (unpaired) electrons. The van der Waals surface area contributed by atoms with Gasteiger partial charge in [0.25, 0.3) is 0 Å². The van der Waals surface area contributed by atoms with Gasteiger partial charge in [-0.1, -0.05) is 159 Å². The summed E-state index contributed by atoms with van der Waals surface area (Å²) in [4.78, 5) is 0. The fourth-order valence-corrected chi connectivity index (χ4v) is 8.39. The van der Waals surface area contributed by atoms with Crippen molar-refractivity contribution in [3.8, 4) is 0 Å². The van der Waals surface area contributed by atoms with Crippen LogP contribution in [0.15, 0.2) is 60.7 Å². The maximum Gasteiger partial charge on any atom is -0.0140 e. The summed E-state index contributed by atoms with van der Waals surface area (Å²) >= 11 is 0. The van der Waals surface area contributed by atoms with Crippen LogP contribution in [0.2, 0.25) is 0 Å². The molecule has 1 fully saturated rings. The Kier molecular flexibility index (Phi) is 16.5. The van der Waals surface area contributed by atoms with Crippen molar-refractivity contribution >= 4 is 0 Å². The Bertz CT molecular complexity index is 958. The first kappa shape index (κ1) is 35.9. The van der Waals surface area contributed by atoms with E-state index in [0.717, 1.165) is 11.8 Å². The van der Waals surface area contributed by atoms with Gasteiger partial charge in [-0.2, -0.15) is 0 Å². The van der Waals surface area contributed by atoms with E-state index in [2.05, 4.69) is 52.0 Å². The second-order valence-corrected chi connectivity index (χ2v) is 15.1. The van der Waals surface area contributed by atoms with E-state index in [1.165, 1.54) is 146 Å². The molecular weight excluding hydrogens is 516 g/mol. The Labute approximate surface area is 269 Å². The smallest absolute Gasteiger partial charge is 0.0140 e. The minimum absolute atomic E-state index is 0.559. The molecule has 1 aromatic rings. The largest absolute Gasteiger partial charge is 0.0996 e. The number of hydrogen-bond donors (Lipinski definition) is 0. The fraction of sp³-hybridized carbons (Fsp3) is 0.721. The van der Waals surface area contributed by atoms with Gasteiger partial charge in [0.05, 0.1) is 0 Å². The SMILES string of the molecule is C=C(CC[C@H](CC(=C)[C@H](CC1CCCCC1)[C@@H](C)C(=C)CCCCCCCC)C(C)CC)C1CCCc2ccccc2C1. The molecule has 2 unspecified atom stereocenters. The molecule has 1 aromatic carbocycles. The zero-order valence-electron chi connectivity index (χ0n) is 29.2. The third kappa shape index (κ3) is 12.0. The highest BCUT2D eigenvalue weighted by molar-refractivity contribution is 5.30. The summed E-state index contributed by atoms with van der Waals surface area (Å²) in [5.41, 5.74) is 7.69. The predicted octanol–water partition coefficient (Wildman–Crippen LogP) is 13.7. The Morgan fingerprint density at radius 2 is 1.49 bits per heavy atom. The first-order chi connectivity index (χ1) is 20.8. The number of fused-ring (bicyclic) bond motifs is 1. The number of aryl methyl sites for hydroxylation is 1. The molecule has 2 aliphatic rings. The zero-order valence-corrected chi connectivity index (χ0v) is 29.2. The number of hydrogen-bond acceptors (Lipinski definition) is 0. The van der Waals surface area contributed by atoms with Gasteiger partial charge < -0.3 is 0 Å². The number of allylic oxidation sites excluding steroid dienone is 3. The van der Waals surface area contributed by atoms with Crippen LogP contribution in [-0.2, 0) is 12.8 Å². The summed E-state index contributed by atoms with van der Waals surface area (Å²) in [5, 5.41) is 0. The molecular formula is C43H70. The molecule has 0 N–H and O–H groups in total. The predicted molar refractivity (Wildman–Crippen MR) is 193 cm³/mol. The molecule has 2 aliphatic carbocycles. The van der Waals surface area contributed by atoms with Crippen molar-refractivity contribution in [1.29, 1.82) is 0 Å². The van der Waals surface area contributed by atoms with E-state index in [1.54, 1.807) is 16.7 Å². The molecule has 0 saturated heterocycles. The average molecular weight is 587 g/mol. The monoisotopic (exact) mass is 587 g/mol. The Hall–Kier alpha value is -1.56. The second kappa shape index (κ2) is 19.7. The van der Waals surface area contributed by atoms with Crippen LogP contribution in [-0.4, -0.2) is 0 Å². The van der Waals surface area contributed by atoms with Crippen LogP contribution >= 0.6 is 0 Å². The quantitative estimate of drug-likeness (QED) is 0.0809. The highest BCUT2D eigenvalue weighted by atomic mass is 14.3. The van der Waals surface area contributed by atoms with Crippen molar-refractivity contribution in [2.75, 3.05) is 0 Å². The highest BCUT2D eigenvalue weighted by Crippen LogP contribution is 2.42. The van der Waals surface area contributed by atoms with Crippen LogP contribution < -0.4 is 0 Å². The lowest BCUT2D eigenvalue weighted by Crippen LogP contribution is -2.23. The summed E-state index contributed by atoms with van der Waals surface area (Å²) < 4.78 is 0. The summed E-state index contributed by atoms with van der Waals surface area (Å²) in [6.07, 6.45) is 27.9. The third-order valence-electron chi connectivity index (χ3n) is 11.9. The molecule has 0 nitrogen and oxygen atoms in total. The highest BCUT2D eigenvalue weighted by Gasteiger charge is 2.29. The van der Waals surface area contributed by atoms with Gasteiger partial charge in [0.15, 0.2) is 0 Å². The Morgan fingerprint density at radius 1 is 0.791 bits per heavy atom. The van der Waals surface area contributed by atoms with Crippen molar-refractivity contribution in [1.82, 2.24) is 0 Å². The van der Waals surface area contributed by atoms with Crippen molar-refractivity contribution in [2.45, 2.75) is 163 Å². The first-order valence-electron chi connectivity index (χ1n) is 18.9. The van der Waals surface area contributed by atoms with Crippen LogP contribution in [0.5, 0.6) is 0 Å². The van der Waals surface area contributed by atoms with Gasteiger partial charge >= 0.3 is 0 Å². The average Bonchev–Trinajstić information content (AvgIpc) is 3.25. The normalized spacial score (nSPS) is 20.4. The van der Waals surface area contributed by atoms with Crippen LogP contribution in [0, 0.1) is 35.5 Å². The van der Waals surface area contributed by atoms with Crippen molar-refractivity contribution < 1.29 is 0 Å². The van der Waals surface area contributed by atoms with Crippen molar-refractivity contribution in [3.63, 3.8) is 0 Å². The maximum atomic E-state index is 4.90. The minimum atomic E-state index is 0.559. The van der Waals surface area contributed by atoms with E-state index in [1.807, 2.05) is 0 Å². The Balaban J connectivity index is 1.62. The lowest BCUT2D eigenvalue weighted by atomic mass is 9.70. The molecule has 0 aromatic heterocycles. The lowest BCUT2D eigenvalue weighted by Gasteiger charge is -2.35. The summed E-state index contributed by atoms with van der Waals surface area (Å²) in [6.45, 7) is 24.0. The van der Waals surface area contributed by atoms with Gasteiger partial charge in [0.1, 0.15) is 0 Å². The van der Waals surface area contributed by atoms with E-state index in [4.69, 9.17) is 19.7 Å². The van der Waals surface area contributed by atoms with Gasteiger partial charge in [-0.25, -0.2) is 0 Å². The summed E-state index contributed by atoms with van der Waals surface area (Å²) in [7, 11) is 0. The van der Waals surface area contributed by atoms with Gasteiger partial charge in [-0.05, 0) is 111 Å². The summed E-state index contributed by atoms with van der Waals surface area (Å²) in [5.74, 6) is 4.14. The van der Waals surface area contributed by atoms with Crippen LogP contribution in [0.25, 0.3) is 0 Å². The van der Waals surface area contributed by atoms with Gasteiger partial charge in [-0.3, -0.25) is 0 Å². The lowest BCUT2D eigenvalue weighted by molar-refractivity contribution is 0.256. The third-order valence-corrected chi connectivity index (χ3v) is 11.9. The van der Waals surface area contributed by atoms with Crippen LogP contribution in [0.1, 0.15) is 161 Å². The molecule has 0 heteroatoms. The molecule has 0 spiro atoms. The standard InChI is InChI=1S/C43H70/c1-8-10-11-12-13-15-21-34(4)37(7)43(31-38-22-16-14-17-23-38)36(6)30-41(33(3)9-2)29-28-35(5)40-27-20-26-39-24-18-19-25-42(39)32-40/h18-19,24-25,33,37-38,40-41,43H,4-6,8-17,20-23,26-32H2,1-3,7H3/t33?,37-,40?,41+,43-/m0/s1. The van der Waals surface area contributed by atoms with Crippen LogP contribution in [0.3, 0.4) is 0 Å². The van der Waals surface area contributed by atoms with Gasteiger partial charge in [-0.15, -0.1) is 0 Å². The number of rotatable bonds is 20. The van der Waals surface area contributed by atoms with Crippen molar-refractivity contribution in [2.24, 2.45) is 35.5 Å². The molecule has 43 heavy (non-hydrogen) atoms. The number of benzene rings is 1. The fourth-order valence-electron chi connectivity index (χ4n) is 8.39. The summed E-state index contributed by atoms with van der Waals surface area (Å²) in [6, 6.07) is 9.14. The van der Waals surface area contributed by atoms with E-state index < -0.39 is 0 Å². The molecule has 5 atom stereocenters. The van der Waals surface area contributed by atoms with Crippen molar-refractivity contribution in [3.05, 3.63) is 71.8 Å². The number of unbranched alkanes of at least 4 members (excludes halogenated alkanes) is 5. The molecule has 3 rings (SSSR count). The molecule has 0 heterocycles. The first-order valence-corrected chi connectivity index (χ1v) is 18.9. The Morgan fingerprint density at radius 3 is 2.21 bits per heavy atom. The van der Waals surface area contributed by atoms with E-state index in [0.29, 0.717) is 23.7 Å². The second-order valence-electron chi connectivity index (χ2n) is 15.1. The van der Waals surface area contributed by atoms with E-state index in [-0.39, 0.29) is 0 Å². The molecule has 1 saturated carbocycles. The maximum absolute atomic E-state index is 4.90. The molecule has 0 bridgehead atoms. The molecule has 0 amide bonds. The van der Waals surface area contributed by atoms with E-state index >= 15 is 0 Å². The van der Waals surface area contributed by atoms with Gasteiger partial charge in [0, 0.05) is 0 Å². The van der Waals surface area contributed by atoms with E-state index in [9.17, 15) is 0 Å². The topological polar surface area (TPSA) is 0 Å².